The van der Waals surface area contributed by atoms with E-state index in [2.05, 4.69) is 20.3 Å². The van der Waals surface area contributed by atoms with Gasteiger partial charge in [-0.15, -0.1) is 0 Å². The standard InChI is InChI=1S/C20H17F3N6/c1-2-17-26-14-5-3-4-6-15(14)29(17)18-11-16(24)27-19(28-18)25-13-9-7-12(8-10-13)20(21,22)23/h3-11H,2H2,1H3,(H3,24,25,27,28). The van der Waals surface area contributed by atoms with Crippen molar-refractivity contribution in [3.05, 3.63) is 66.0 Å². The number of anilines is 3. The zero-order valence-electron chi connectivity index (χ0n) is 15.4. The number of hydrogen-bond donors (Lipinski definition) is 2. The Morgan fingerprint density at radius 1 is 1.00 bits per heavy atom. The Morgan fingerprint density at radius 2 is 1.72 bits per heavy atom. The number of nitrogen functional groups attached to an aromatic ring is 1. The molecule has 3 N–H and O–H groups in total. The second-order valence-electron chi connectivity index (χ2n) is 6.38. The smallest absolute Gasteiger partial charge is 0.383 e. The number of imidazole rings is 1. The Balaban J connectivity index is 1.72. The summed E-state index contributed by atoms with van der Waals surface area (Å²) in [6, 6.07) is 13.9. The third kappa shape index (κ3) is 3.71. The molecule has 4 aromatic rings. The molecule has 0 amide bonds. The molecule has 0 saturated heterocycles. The van der Waals surface area contributed by atoms with E-state index in [0.29, 0.717) is 17.9 Å². The topological polar surface area (TPSA) is 81.7 Å². The van der Waals surface area contributed by atoms with Crippen LogP contribution < -0.4 is 11.1 Å². The van der Waals surface area contributed by atoms with Crippen LogP contribution >= 0.6 is 0 Å². The molecule has 0 unspecified atom stereocenters. The second kappa shape index (κ2) is 7.08. The maximum absolute atomic E-state index is 12.7. The van der Waals surface area contributed by atoms with Gasteiger partial charge in [-0.05, 0) is 36.4 Å². The van der Waals surface area contributed by atoms with Gasteiger partial charge in [-0.2, -0.15) is 23.1 Å². The molecule has 0 saturated carbocycles. The summed E-state index contributed by atoms with van der Waals surface area (Å²) in [5.41, 5.74) is 7.36. The van der Waals surface area contributed by atoms with Gasteiger partial charge in [0.1, 0.15) is 17.5 Å². The number of halogens is 3. The van der Waals surface area contributed by atoms with Gasteiger partial charge in [0.15, 0.2) is 0 Å². The Bertz CT molecular complexity index is 1170. The molecule has 0 atom stereocenters. The van der Waals surface area contributed by atoms with Gasteiger partial charge in [0.25, 0.3) is 0 Å². The normalized spacial score (nSPS) is 11.7. The number of para-hydroxylation sites is 2. The summed E-state index contributed by atoms with van der Waals surface area (Å²) >= 11 is 0. The molecule has 0 fully saturated rings. The van der Waals surface area contributed by atoms with E-state index in [1.807, 2.05) is 35.8 Å². The molecule has 9 heteroatoms. The van der Waals surface area contributed by atoms with E-state index in [-0.39, 0.29) is 11.8 Å². The second-order valence-corrected chi connectivity index (χ2v) is 6.38. The molecule has 0 radical (unpaired) electrons. The average molecular weight is 398 g/mol. The largest absolute Gasteiger partial charge is 0.416 e. The first-order chi connectivity index (χ1) is 13.8. The average Bonchev–Trinajstić information content (AvgIpc) is 3.06. The van der Waals surface area contributed by atoms with Crippen LogP contribution in [0.3, 0.4) is 0 Å². The van der Waals surface area contributed by atoms with Crippen molar-refractivity contribution in [1.82, 2.24) is 19.5 Å². The lowest BCUT2D eigenvalue weighted by atomic mass is 10.2. The van der Waals surface area contributed by atoms with Gasteiger partial charge in [0, 0.05) is 18.2 Å². The first kappa shape index (κ1) is 18.7. The number of aryl methyl sites for hydroxylation is 1. The SMILES string of the molecule is CCc1nc2ccccc2n1-c1cc(N)nc(Nc2ccc(C(F)(F)F)cc2)n1. The summed E-state index contributed by atoms with van der Waals surface area (Å²) in [4.78, 5) is 13.3. The first-order valence-electron chi connectivity index (χ1n) is 8.90. The lowest BCUT2D eigenvalue weighted by Gasteiger charge is -2.12. The molecule has 2 aromatic carbocycles. The van der Waals surface area contributed by atoms with Gasteiger partial charge >= 0.3 is 6.18 Å². The van der Waals surface area contributed by atoms with Crippen LogP contribution in [0.4, 0.5) is 30.6 Å². The third-order valence-electron chi connectivity index (χ3n) is 4.38. The number of rotatable bonds is 4. The van der Waals surface area contributed by atoms with Crippen molar-refractivity contribution < 1.29 is 13.2 Å². The molecule has 2 aromatic heterocycles. The van der Waals surface area contributed by atoms with Gasteiger partial charge in [-0.25, -0.2) is 4.98 Å². The minimum atomic E-state index is -4.39. The predicted octanol–water partition coefficient (Wildman–Crippen LogP) is 4.72. The van der Waals surface area contributed by atoms with Crippen LogP contribution in [0.5, 0.6) is 0 Å². The van der Waals surface area contributed by atoms with Gasteiger partial charge in [0.2, 0.25) is 5.95 Å². The number of hydrogen-bond acceptors (Lipinski definition) is 5. The van der Waals surface area contributed by atoms with E-state index in [1.165, 1.54) is 12.1 Å². The van der Waals surface area contributed by atoms with Crippen LogP contribution in [0.25, 0.3) is 16.9 Å². The van der Waals surface area contributed by atoms with Gasteiger partial charge in [-0.1, -0.05) is 19.1 Å². The molecule has 2 heterocycles. The highest BCUT2D eigenvalue weighted by Gasteiger charge is 2.30. The van der Waals surface area contributed by atoms with E-state index >= 15 is 0 Å². The summed E-state index contributed by atoms with van der Waals surface area (Å²) < 4.78 is 40.1. The quantitative estimate of drug-likeness (QED) is 0.520. The van der Waals surface area contributed by atoms with E-state index in [9.17, 15) is 13.2 Å². The van der Waals surface area contributed by atoms with E-state index in [0.717, 1.165) is 29.0 Å². The van der Waals surface area contributed by atoms with Gasteiger partial charge in [0.05, 0.1) is 16.6 Å². The highest BCUT2D eigenvalue weighted by molar-refractivity contribution is 5.78. The monoisotopic (exact) mass is 398 g/mol. The third-order valence-corrected chi connectivity index (χ3v) is 4.38. The maximum atomic E-state index is 12.7. The molecule has 0 aliphatic carbocycles. The zero-order valence-corrected chi connectivity index (χ0v) is 15.4. The molecule has 6 nitrogen and oxygen atoms in total. The van der Waals surface area contributed by atoms with E-state index in [4.69, 9.17) is 5.73 Å². The first-order valence-corrected chi connectivity index (χ1v) is 8.90. The van der Waals surface area contributed by atoms with Crippen molar-refractivity contribution in [2.45, 2.75) is 19.5 Å². The number of benzene rings is 2. The molecule has 4 rings (SSSR count). The van der Waals surface area contributed by atoms with Crippen molar-refractivity contribution in [2.75, 3.05) is 11.1 Å². The summed E-state index contributed by atoms with van der Waals surface area (Å²) in [6.07, 6.45) is -3.71. The molecule has 0 aliphatic rings. The van der Waals surface area contributed by atoms with Crippen LogP contribution in [0, 0.1) is 0 Å². The molecule has 29 heavy (non-hydrogen) atoms. The van der Waals surface area contributed by atoms with Crippen molar-refractivity contribution >= 4 is 28.5 Å². The lowest BCUT2D eigenvalue weighted by Crippen LogP contribution is -2.08. The van der Waals surface area contributed by atoms with Crippen molar-refractivity contribution in [2.24, 2.45) is 0 Å². The Hall–Kier alpha value is -3.62. The van der Waals surface area contributed by atoms with Crippen LogP contribution in [0.15, 0.2) is 54.6 Å². The summed E-state index contributed by atoms with van der Waals surface area (Å²) in [5, 5.41) is 2.91. The molecule has 0 spiro atoms. The Kier molecular flexibility index (Phi) is 4.57. The van der Waals surface area contributed by atoms with Crippen molar-refractivity contribution in [1.29, 1.82) is 0 Å². The predicted molar refractivity (Wildman–Crippen MR) is 105 cm³/mol. The number of aromatic nitrogens is 4. The fourth-order valence-corrected chi connectivity index (χ4v) is 3.06. The maximum Gasteiger partial charge on any atom is 0.416 e. The van der Waals surface area contributed by atoms with Crippen molar-refractivity contribution in [3.63, 3.8) is 0 Å². The molecular weight excluding hydrogens is 381 g/mol. The van der Waals surface area contributed by atoms with Crippen LogP contribution in [-0.4, -0.2) is 19.5 Å². The fraction of sp³-hybridized carbons (Fsp3) is 0.150. The minimum absolute atomic E-state index is 0.180. The number of nitrogens with zero attached hydrogens (tertiary/aromatic N) is 4. The summed E-state index contributed by atoms with van der Waals surface area (Å²) in [7, 11) is 0. The van der Waals surface area contributed by atoms with E-state index < -0.39 is 11.7 Å². The highest BCUT2D eigenvalue weighted by Crippen LogP contribution is 2.30. The van der Waals surface area contributed by atoms with E-state index in [1.54, 1.807) is 6.07 Å². The number of nitrogens with two attached hydrogens (primary N) is 1. The van der Waals surface area contributed by atoms with Crippen LogP contribution in [-0.2, 0) is 12.6 Å². The highest BCUT2D eigenvalue weighted by atomic mass is 19.4. The molecule has 148 valence electrons. The molecule has 0 aliphatic heterocycles. The lowest BCUT2D eigenvalue weighted by molar-refractivity contribution is -0.137. The summed E-state index contributed by atoms with van der Waals surface area (Å²) in [5.74, 6) is 1.74. The minimum Gasteiger partial charge on any atom is -0.383 e. The van der Waals surface area contributed by atoms with Gasteiger partial charge < -0.3 is 11.1 Å². The van der Waals surface area contributed by atoms with Gasteiger partial charge in [-0.3, -0.25) is 4.57 Å². The fourth-order valence-electron chi connectivity index (χ4n) is 3.06. The van der Waals surface area contributed by atoms with Crippen LogP contribution in [0.1, 0.15) is 18.3 Å². The number of fused-ring (bicyclic) bond motifs is 1. The van der Waals surface area contributed by atoms with Crippen molar-refractivity contribution in [3.8, 4) is 5.82 Å². The number of nitrogens with one attached hydrogen (secondary N) is 1. The van der Waals surface area contributed by atoms with Crippen LogP contribution in [0.2, 0.25) is 0 Å². The number of alkyl halides is 3. The Labute approximate surface area is 164 Å². The summed E-state index contributed by atoms with van der Waals surface area (Å²) in [6.45, 7) is 1.99. The Morgan fingerprint density at radius 3 is 2.41 bits per heavy atom. The molecule has 0 bridgehead atoms. The molecular formula is C20H17F3N6. The zero-order chi connectivity index (χ0) is 20.6.